The lowest BCUT2D eigenvalue weighted by Crippen LogP contribution is -2.31. The molecule has 176 valence electrons. The second kappa shape index (κ2) is 10.8. The van der Waals surface area contributed by atoms with E-state index in [1.54, 1.807) is 13.8 Å². The minimum Gasteiger partial charge on any atom is -0.427 e. The van der Waals surface area contributed by atoms with Crippen molar-refractivity contribution in [2.24, 2.45) is 0 Å². The fourth-order valence-corrected chi connectivity index (χ4v) is 4.33. The van der Waals surface area contributed by atoms with E-state index in [1.165, 1.54) is 0 Å². The molecule has 35 heavy (non-hydrogen) atoms. The third-order valence-electron chi connectivity index (χ3n) is 6.03. The fourth-order valence-electron chi connectivity index (χ4n) is 4.33. The Morgan fingerprint density at radius 2 is 0.829 bits per heavy atom. The zero-order valence-electron chi connectivity index (χ0n) is 19.9. The molecule has 0 aliphatic heterocycles. The minimum atomic E-state index is -0.650. The molecule has 4 heteroatoms. The van der Waals surface area contributed by atoms with Gasteiger partial charge in [0.25, 0.3) is 0 Å². The first kappa shape index (κ1) is 24.0. The minimum absolute atomic E-state index is 0.271. The van der Waals surface area contributed by atoms with Gasteiger partial charge in [0.1, 0.15) is 11.5 Å². The number of rotatable bonds is 8. The summed E-state index contributed by atoms with van der Waals surface area (Å²) >= 11 is 0. The molecule has 0 unspecified atom stereocenters. The van der Waals surface area contributed by atoms with E-state index in [0.717, 1.165) is 22.3 Å². The maximum atomic E-state index is 11.8. The highest BCUT2D eigenvalue weighted by Gasteiger charge is 2.38. The molecular formula is C31H28O4. The molecule has 0 heterocycles. The summed E-state index contributed by atoms with van der Waals surface area (Å²) in [7, 11) is 0. The second-order valence-electron chi connectivity index (χ2n) is 8.19. The number of ether oxygens (including phenoxy) is 2. The van der Waals surface area contributed by atoms with Crippen LogP contribution >= 0.6 is 0 Å². The Labute approximate surface area is 206 Å². The topological polar surface area (TPSA) is 52.6 Å². The van der Waals surface area contributed by atoms with Crippen molar-refractivity contribution in [3.8, 4) is 11.5 Å². The summed E-state index contributed by atoms with van der Waals surface area (Å²) in [4.78, 5) is 23.6. The van der Waals surface area contributed by atoms with Gasteiger partial charge in [0.15, 0.2) is 0 Å². The van der Waals surface area contributed by atoms with E-state index in [4.69, 9.17) is 9.47 Å². The van der Waals surface area contributed by atoms with E-state index >= 15 is 0 Å². The normalized spacial score (nSPS) is 11.0. The van der Waals surface area contributed by atoms with E-state index in [1.807, 2.05) is 84.9 Å². The monoisotopic (exact) mass is 464 g/mol. The van der Waals surface area contributed by atoms with Gasteiger partial charge in [0.2, 0.25) is 0 Å². The molecule has 4 nitrogen and oxygen atoms in total. The molecule has 0 saturated carbocycles. The Morgan fingerprint density at radius 1 is 0.514 bits per heavy atom. The van der Waals surface area contributed by atoms with Crippen LogP contribution in [0.3, 0.4) is 0 Å². The predicted octanol–water partition coefficient (Wildman–Crippen LogP) is 6.70. The van der Waals surface area contributed by atoms with Crippen LogP contribution in [-0.2, 0) is 15.0 Å². The molecule has 0 atom stereocenters. The van der Waals surface area contributed by atoms with E-state index in [9.17, 15) is 9.59 Å². The van der Waals surface area contributed by atoms with Gasteiger partial charge in [-0.2, -0.15) is 0 Å². The molecule has 0 N–H and O–H groups in total. The fraction of sp³-hybridized carbons (Fsp3) is 0.161. The Kier molecular flexibility index (Phi) is 7.41. The van der Waals surface area contributed by atoms with Gasteiger partial charge in [-0.25, -0.2) is 0 Å². The Balaban J connectivity index is 1.92. The first-order valence-electron chi connectivity index (χ1n) is 11.8. The van der Waals surface area contributed by atoms with Crippen LogP contribution in [0.15, 0.2) is 109 Å². The maximum absolute atomic E-state index is 11.8. The molecule has 0 radical (unpaired) electrons. The van der Waals surface area contributed by atoms with Crippen molar-refractivity contribution in [2.45, 2.75) is 32.1 Å². The van der Waals surface area contributed by atoms with Crippen molar-refractivity contribution in [3.63, 3.8) is 0 Å². The smallest absolute Gasteiger partial charge is 0.310 e. The van der Waals surface area contributed by atoms with Crippen LogP contribution in [0.4, 0.5) is 0 Å². The summed E-state index contributed by atoms with van der Waals surface area (Å²) in [5.41, 5.74) is 3.56. The standard InChI is InChI=1S/C31H28O4/c1-3-29(32)34-27-19-15-25(16-20-27)31(23-11-7-5-8-12-23,24-13-9-6-10-14-24)26-17-21-28(22-18-26)35-30(33)4-2/h5-22H,3-4H2,1-2H3. The molecule has 4 aromatic rings. The summed E-state index contributed by atoms with van der Waals surface area (Å²) in [6.45, 7) is 3.54. The van der Waals surface area contributed by atoms with Crippen molar-refractivity contribution in [1.29, 1.82) is 0 Å². The highest BCUT2D eigenvalue weighted by Crippen LogP contribution is 2.45. The van der Waals surface area contributed by atoms with Gasteiger partial charge in [-0.05, 0) is 46.5 Å². The number of carbonyl (C=O) groups excluding carboxylic acids is 2. The maximum Gasteiger partial charge on any atom is 0.310 e. The van der Waals surface area contributed by atoms with Crippen LogP contribution in [-0.4, -0.2) is 11.9 Å². The Bertz CT molecular complexity index is 1160. The van der Waals surface area contributed by atoms with Gasteiger partial charge in [-0.15, -0.1) is 0 Å². The van der Waals surface area contributed by atoms with Crippen molar-refractivity contribution in [1.82, 2.24) is 0 Å². The summed E-state index contributed by atoms with van der Waals surface area (Å²) in [5.74, 6) is 0.481. The van der Waals surface area contributed by atoms with Gasteiger partial charge in [-0.1, -0.05) is 98.8 Å². The molecule has 0 aliphatic carbocycles. The molecule has 0 aliphatic rings. The van der Waals surface area contributed by atoms with Crippen molar-refractivity contribution < 1.29 is 19.1 Å². The summed E-state index contributed by atoms with van der Waals surface area (Å²) < 4.78 is 10.8. The quantitative estimate of drug-likeness (QED) is 0.165. The average molecular weight is 465 g/mol. The molecule has 0 amide bonds. The lowest BCUT2D eigenvalue weighted by Gasteiger charge is -2.37. The van der Waals surface area contributed by atoms with E-state index in [2.05, 4.69) is 24.3 Å². The van der Waals surface area contributed by atoms with E-state index in [-0.39, 0.29) is 11.9 Å². The Morgan fingerprint density at radius 3 is 1.14 bits per heavy atom. The van der Waals surface area contributed by atoms with E-state index < -0.39 is 5.41 Å². The molecule has 0 fully saturated rings. The van der Waals surface area contributed by atoms with Gasteiger partial charge in [0, 0.05) is 12.8 Å². The molecule has 0 bridgehead atoms. The van der Waals surface area contributed by atoms with Gasteiger partial charge >= 0.3 is 11.9 Å². The number of carbonyl (C=O) groups is 2. The third kappa shape index (κ3) is 5.02. The van der Waals surface area contributed by atoms with Crippen molar-refractivity contribution in [2.75, 3.05) is 0 Å². The molecule has 4 aromatic carbocycles. The van der Waals surface area contributed by atoms with Crippen LogP contribution in [0.2, 0.25) is 0 Å². The lowest BCUT2D eigenvalue weighted by atomic mass is 9.65. The van der Waals surface area contributed by atoms with Crippen LogP contribution in [0, 0.1) is 0 Å². The largest absolute Gasteiger partial charge is 0.427 e. The van der Waals surface area contributed by atoms with Crippen molar-refractivity contribution in [3.05, 3.63) is 131 Å². The molecule has 0 saturated heterocycles. The molecular weight excluding hydrogens is 436 g/mol. The molecule has 4 rings (SSSR count). The first-order chi connectivity index (χ1) is 17.1. The highest BCUT2D eigenvalue weighted by atomic mass is 16.5. The zero-order valence-corrected chi connectivity index (χ0v) is 19.9. The lowest BCUT2D eigenvalue weighted by molar-refractivity contribution is -0.134. The van der Waals surface area contributed by atoms with Crippen LogP contribution in [0.1, 0.15) is 48.9 Å². The van der Waals surface area contributed by atoms with Crippen LogP contribution < -0.4 is 9.47 Å². The Hall–Kier alpha value is -4.18. The van der Waals surface area contributed by atoms with E-state index in [0.29, 0.717) is 24.3 Å². The van der Waals surface area contributed by atoms with Gasteiger partial charge in [-0.3, -0.25) is 9.59 Å². The van der Waals surface area contributed by atoms with Crippen LogP contribution in [0.5, 0.6) is 11.5 Å². The van der Waals surface area contributed by atoms with Crippen molar-refractivity contribution >= 4 is 11.9 Å². The number of hydrogen-bond acceptors (Lipinski definition) is 4. The third-order valence-corrected chi connectivity index (χ3v) is 6.03. The molecule has 0 aromatic heterocycles. The number of hydrogen-bond donors (Lipinski definition) is 0. The second-order valence-corrected chi connectivity index (χ2v) is 8.19. The van der Waals surface area contributed by atoms with Crippen LogP contribution in [0.25, 0.3) is 0 Å². The average Bonchev–Trinajstić information content (AvgIpc) is 2.92. The van der Waals surface area contributed by atoms with Gasteiger partial charge < -0.3 is 9.47 Å². The first-order valence-corrected chi connectivity index (χ1v) is 11.8. The van der Waals surface area contributed by atoms with Gasteiger partial charge in [0.05, 0.1) is 5.41 Å². The zero-order chi connectivity index (χ0) is 24.7. The molecule has 0 spiro atoms. The highest BCUT2D eigenvalue weighted by molar-refractivity contribution is 5.72. The SMILES string of the molecule is CCC(=O)Oc1ccc(C(c2ccccc2)(c2ccccc2)c2ccc(OC(=O)CC)cc2)cc1. The summed E-state index contributed by atoms with van der Waals surface area (Å²) in [6, 6.07) is 35.9. The number of esters is 2. The number of benzene rings is 4. The summed E-state index contributed by atoms with van der Waals surface area (Å²) in [6.07, 6.45) is 0.628. The predicted molar refractivity (Wildman–Crippen MR) is 137 cm³/mol. The summed E-state index contributed by atoms with van der Waals surface area (Å²) in [5, 5.41) is 0.